The van der Waals surface area contributed by atoms with Crippen molar-refractivity contribution in [2.45, 2.75) is 39.2 Å². The van der Waals surface area contributed by atoms with Crippen molar-refractivity contribution in [1.82, 2.24) is 4.98 Å². The Morgan fingerprint density at radius 3 is 2.85 bits per heavy atom. The smallest absolute Gasteiger partial charge is 0.213 e. The fourth-order valence-electron chi connectivity index (χ4n) is 2.62. The van der Waals surface area contributed by atoms with Crippen LogP contribution in [0.25, 0.3) is 0 Å². The van der Waals surface area contributed by atoms with Gasteiger partial charge in [-0.05, 0) is 18.1 Å². The van der Waals surface area contributed by atoms with E-state index in [0.717, 1.165) is 36.0 Å². The number of hydrogen-bond donors (Lipinski definition) is 1. The van der Waals surface area contributed by atoms with Gasteiger partial charge in [-0.15, -0.1) is 0 Å². The van der Waals surface area contributed by atoms with Gasteiger partial charge in [-0.3, -0.25) is 0 Å². The molecule has 106 valence electrons. The number of benzene rings is 1. The first-order valence-electron chi connectivity index (χ1n) is 7.02. The van der Waals surface area contributed by atoms with Gasteiger partial charge in [-0.2, -0.15) is 0 Å². The number of oxazole rings is 1. The third-order valence-corrected chi connectivity index (χ3v) is 3.74. The number of para-hydroxylation sites is 1. The van der Waals surface area contributed by atoms with Gasteiger partial charge in [-0.1, -0.05) is 32.9 Å². The van der Waals surface area contributed by atoms with Crippen molar-refractivity contribution in [2.24, 2.45) is 0 Å². The highest BCUT2D eigenvalue weighted by atomic mass is 16.4. The number of anilines is 2. The third kappa shape index (κ3) is 2.26. The lowest BCUT2D eigenvalue weighted by molar-refractivity contribution is 0.381. The summed E-state index contributed by atoms with van der Waals surface area (Å²) in [6, 6.07) is 6.11. The Morgan fingerprint density at radius 1 is 1.35 bits per heavy atom. The van der Waals surface area contributed by atoms with Gasteiger partial charge in [0.1, 0.15) is 5.76 Å². The fourth-order valence-corrected chi connectivity index (χ4v) is 2.62. The lowest BCUT2D eigenvalue weighted by Gasteiger charge is -2.19. The minimum atomic E-state index is -0.00675. The first-order valence-corrected chi connectivity index (χ1v) is 7.02. The number of aromatic nitrogens is 1. The summed E-state index contributed by atoms with van der Waals surface area (Å²) in [7, 11) is 0. The molecule has 2 N–H and O–H groups in total. The molecule has 1 aliphatic rings. The van der Waals surface area contributed by atoms with Crippen LogP contribution < -0.4 is 10.6 Å². The molecule has 0 aliphatic carbocycles. The molecule has 4 nitrogen and oxygen atoms in total. The van der Waals surface area contributed by atoms with Crippen LogP contribution in [0.4, 0.5) is 11.4 Å². The predicted molar refractivity (Wildman–Crippen MR) is 80.8 cm³/mol. The number of hydrogen-bond acceptors (Lipinski definition) is 4. The summed E-state index contributed by atoms with van der Waals surface area (Å²) in [4.78, 5) is 6.65. The van der Waals surface area contributed by atoms with Crippen LogP contribution in [-0.2, 0) is 18.4 Å². The highest BCUT2D eigenvalue weighted by Gasteiger charge is 2.24. The van der Waals surface area contributed by atoms with Gasteiger partial charge in [0.25, 0.3) is 0 Å². The molecule has 0 saturated carbocycles. The lowest BCUT2D eigenvalue weighted by Crippen LogP contribution is -2.20. The summed E-state index contributed by atoms with van der Waals surface area (Å²) in [5.74, 6) is 1.68. The van der Waals surface area contributed by atoms with E-state index in [4.69, 9.17) is 10.2 Å². The molecule has 0 radical (unpaired) electrons. The van der Waals surface area contributed by atoms with Crippen LogP contribution in [0, 0.1) is 0 Å². The first-order chi connectivity index (χ1) is 9.45. The summed E-state index contributed by atoms with van der Waals surface area (Å²) >= 11 is 0. The maximum atomic E-state index is 6.10. The Balaban J connectivity index is 1.83. The summed E-state index contributed by atoms with van der Waals surface area (Å²) in [5, 5.41) is 0. The van der Waals surface area contributed by atoms with Crippen LogP contribution in [0.1, 0.15) is 38.0 Å². The molecule has 0 fully saturated rings. The summed E-state index contributed by atoms with van der Waals surface area (Å²) in [5.41, 5.74) is 9.38. The number of rotatable bonds is 2. The fraction of sp³-hybridized carbons (Fsp3) is 0.438. The standard InChI is InChI=1S/C16H21N3O/c1-16(2,3)13-9-18-14(20-13)10-19-8-7-11-5-4-6-12(17)15(11)19/h4-6,9H,7-8,10,17H2,1-3H3. The second-order valence-electron chi connectivity index (χ2n) is 6.39. The molecule has 0 spiro atoms. The molecule has 0 atom stereocenters. The zero-order valence-corrected chi connectivity index (χ0v) is 12.3. The Kier molecular flexibility index (Phi) is 2.96. The molecule has 1 aromatic carbocycles. The largest absolute Gasteiger partial charge is 0.443 e. The van der Waals surface area contributed by atoms with E-state index in [9.17, 15) is 0 Å². The maximum Gasteiger partial charge on any atom is 0.213 e. The second kappa shape index (κ2) is 4.54. The van der Waals surface area contributed by atoms with Crippen molar-refractivity contribution in [1.29, 1.82) is 0 Å². The van der Waals surface area contributed by atoms with E-state index >= 15 is 0 Å². The van der Waals surface area contributed by atoms with Crippen LogP contribution in [-0.4, -0.2) is 11.5 Å². The SMILES string of the molecule is CC(C)(C)c1cnc(CN2CCc3cccc(N)c32)o1. The molecule has 20 heavy (non-hydrogen) atoms. The van der Waals surface area contributed by atoms with Gasteiger partial charge in [0.15, 0.2) is 0 Å². The van der Waals surface area contributed by atoms with Crippen LogP contribution in [0.15, 0.2) is 28.8 Å². The molecule has 0 amide bonds. The number of fused-ring (bicyclic) bond motifs is 1. The van der Waals surface area contributed by atoms with Gasteiger partial charge in [-0.25, -0.2) is 4.98 Å². The summed E-state index contributed by atoms with van der Waals surface area (Å²) < 4.78 is 5.87. The molecule has 1 aromatic heterocycles. The van der Waals surface area contributed by atoms with E-state index < -0.39 is 0 Å². The van der Waals surface area contributed by atoms with Crippen molar-refractivity contribution in [3.63, 3.8) is 0 Å². The van der Waals surface area contributed by atoms with Crippen molar-refractivity contribution in [2.75, 3.05) is 17.2 Å². The van der Waals surface area contributed by atoms with Crippen molar-refractivity contribution >= 4 is 11.4 Å². The maximum absolute atomic E-state index is 6.10. The van der Waals surface area contributed by atoms with Gasteiger partial charge < -0.3 is 15.1 Å². The minimum Gasteiger partial charge on any atom is -0.443 e. The van der Waals surface area contributed by atoms with Crippen molar-refractivity contribution in [3.8, 4) is 0 Å². The third-order valence-electron chi connectivity index (χ3n) is 3.74. The normalized spacial score (nSPS) is 14.7. The Labute approximate surface area is 119 Å². The van der Waals surface area contributed by atoms with E-state index in [0.29, 0.717) is 6.54 Å². The zero-order chi connectivity index (χ0) is 14.3. The molecule has 0 bridgehead atoms. The predicted octanol–water partition coefficient (Wildman–Crippen LogP) is 3.12. The van der Waals surface area contributed by atoms with E-state index in [1.807, 2.05) is 18.3 Å². The molecule has 3 rings (SSSR count). The molecular weight excluding hydrogens is 250 g/mol. The average Bonchev–Trinajstić information content (AvgIpc) is 2.97. The van der Waals surface area contributed by atoms with E-state index in [2.05, 4.69) is 36.7 Å². The van der Waals surface area contributed by atoms with Crippen LogP contribution in [0.5, 0.6) is 0 Å². The molecule has 2 heterocycles. The van der Waals surface area contributed by atoms with E-state index in [1.54, 1.807) is 0 Å². The van der Waals surface area contributed by atoms with Gasteiger partial charge in [0.05, 0.1) is 24.1 Å². The number of nitrogen functional groups attached to an aromatic ring is 1. The number of nitrogens with zero attached hydrogens (tertiary/aromatic N) is 2. The Hall–Kier alpha value is -1.97. The van der Waals surface area contributed by atoms with Crippen molar-refractivity contribution < 1.29 is 4.42 Å². The van der Waals surface area contributed by atoms with Gasteiger partial charge in [0.2, 0.25) is 5.89 Å². The molecular formula is C16H21N3O. The summed E-state index contributed by atoms with van der Waals surface area (Å²) in [6.07, 6.45) is 2.87. The highest BCUT2D eigenvalue weighted by molar-refractivity contribution is 5.74. The zero-order valence-electron chi connectivity index (χ0n) is 12.3. The highest BCUT2D eigenvalue weighted by Crippen LogP contribution is 2.34. The average molecular weight is 271 g/mol. The van der Waals surface area contributed by atoms with Crippen LogP contribution in [0.2, 0.25) is 0 Å². The monoisotopic (exact) mass is 271 g/mol. The topological polar surface area (TPSA) is 55.3 Å². The Bertz CT molecular complexity index is 625. The molecule has 0 unspecified atom stereocenters. The molecule has 2 aromatic rings. The van der Waals surface area contributed by atoms with Crippen molar-refractivity contribution in [3.05, 3.63) is 41.6 Å². The van der Waals surface area contributed by atoms with Crippen LogP contribution >= 0.6 is 0 Å². The quantitative estimate of drug-likeness (QED) is 0.853. The molecule has 4 heteroatoms. The summed E-state index contributed by atoms with van der Waals surface area (Å²) in [6.45, 7) is 8.02. The molecule has 0 saturated heterocycles. The van der Waals surface area contributed by atoms with E-state index in [-0.39, 0.29) is 5.41 Å². The lowest BCUT2D eigenvalue weighted by atomic mass is 9.94. The van der Waals surface area contributed by atoms with Gasteiger partial charge in [0, 0.05) is 12.0 Å². The Morgan fingerprint density at radius 2 is 2.15 bits per heavy atom. The number of nitrogens with two attached hydrogens (primary N) is 1. The van der Waals surface area contributed by atoms with Gasteiger partial charge >= 0.3 is 0 Å². The second-order valence-corrected chi connectivity index (χ2v) is 6.39. The first kappa shape index (κ1) is 13.0. The molecule has 1 aliphatic heterocycles. The van der Waals surface area contributed by atoms with E-state index in [1.165, 1.54) is 5.56 Å². The van der Waals surface area contributed by atoms with Crippen LogP contribution in [0.3, 0.4) is 0 Å². The minimum absolute atomic E-state index is 0.00675.